The number of alkyl halides is 2. The molecule has 104 valence electrons. The number of hydrogen-bond donors (Lipinski definition) is 2. The second kappa shape index (κ2) is 8.59. The molecule has 0 atom stereocenters. The van der Waals surface area contributed by atoms with Crippen molar-refractivity contribution in [2.45, 2.75) is 25.7 Å². The maximum absolute atomic E-state index is 11.7. The molecule has 1 rings (SSSR count). The highest BCUT2D eigenvalue weighted by Gasteiger charge is 2.29. The first kappa shape index (κ1) is 15.6. The minimum Gasteiger partial charge on any atom is -0.355 e. The molecule has 1 saturated carbocycles. The molecule has 4 nitrogen and oxygen atoms in total. The largest absolute Gasteiger partial charge is 0.355 e. The lowest BCUT2D eigenvalue weighted by atomic mass is 9.81. The summed E-state index contributed by atoms with van der Waals surface area (Å²) in [5.74, 6) is 1.06. The molecule has 0 aromatic carbocycles. The molecule has 0 aromatic heterocycles. The van der Waals surface area contributed by atoms with Crippen molar-refractivity contribution in [1.29, 1.82) is 0 Å². The molecule has 0 spiro atoms. The lowest BCUT2D eigenvalue weighted by Gasteiger charge is -2.26. The highest BCUT2D eigenvalue weighted by Crippen LogP contribution is 2.28. The van der Waals surface area contributed by atoms with Crippen LogP contribution in [-0.2, 0) is 9.59 Å². The molecule has 0 radical (unpaired) electrons. The average molecular weight is 295 g/mol. The molecule has 0 aromatic rings. The van der Waals surface area contributed by atoms with Gasteiger partial charge in [-0.25, -0.2) is 0 Å². The van der Waals surface area contributed by atoms with E-state index in [4.69, 9.17) is 23.2 Å². The van der Waals surface area contributed by atoms with Crippen LogP contribution in [0.2, 0.25) is 0 Å². The molecule has 0 unspecified atom stereocenters. The summed E-state index contributed by atoms with van der Waals surface area (Å²) in [5, 5.41) is 5.58. The van der Waals surface area contributed by atoms with Crippen LogP contribution in [0, 0.1) is 11.8 Å². The second-order valence-corrected chi connectivity index (χ2v) is 5.26. The first-order valence-corrected chi connectivity index (χ1v) is 7.43. The molecule has 1 aliphatic rings. The van der Waals surface area contributed by atoms with Gasteiger partial charge in [-0.05, 0) is 25.7 Å². The van der Waals surface area contributed by atoms with E-state index in [1.807, 2.05) is 0 Å². The summed E-state index contributed by atoms with van der Waals surface area (Å²) in [7, 11) is 0. The monoisotopic (exact) mass is 294 g/mol. The summed E-state index contributed by atoms with van der Waals surface area (Å²) in [6.07, 6.45) is 3.08. The third kappa shape index (κ3) is 5.02. The Morgan fingerprint density at radius 3 is 1.44 bits per heavy atom. The van der Waals surface area contributed by atoms with Gasteiger partial charge in [-0.2, -0.15) is 0 Å². The fourth-order valence-corrected chi connectivity index (χ4v) is 2.44. The fraction of sp³-hybridized carbons (Fsp3) is 0.833. The summed E-state index contributed by atoms with van der Waals surface area (Å²) < 4.78 is 0. The maximum Gasteiger partial charge on any atom is 0.223 e. The van der Waals surface area contributed by atoms with Crippen LogP contribution in [-0.4, -0.2) is 36.7 Å². The highest BCUT2D eigenvalue weighted by atomic mass is 35.5. The minimum absolute atomic E-state index is 0.0327. The van der Waals surface area contributed by atoms with Crippen LogP contribution in [0.3, 0.4) is 0 Å². The third-order valence-electron chi connectivity index (χ3n) is 3.26. The second-order valence-electron chi connectivity index (χ2n) is 4.51. The summed E-state index contributed by atoms with van der Waals surface area (Å²) in [4.78, 5) is 23.4. The number of amides is 2. The summed E-state index contributed by atoms with van der Waals surface area (Å²) in [5.41, 5.74) is 0. The van der Waals surface area contributed by atoms with Crippen molar-refractivity contribution in [1.82, 2.24) is 10.6 Å². The van der Waals surface area contributed by atoms with Crippen LogP contribution in [0.25, 0.3) is 0 Å². The smallest absolute Gasteiger partial charge is 0.223 e. The Kier molecular flexibility index (Phi) is 7.44. The zero-order valence-corrected chi connectivity index (χ0v) is 11.9. The Morgan fingerprint density at radius 1 is 0.833 bits per heavy atom. The van der Waals surface area contributed by atoms with Crippen LogP contribution in [0.5, 0.6) is 0 Å². The topological polar surface area (TPSA) is 58.2 Å². The van der Waals surface area contributed by atoms with Gasteiger partial charge in [0.15, 0.2) is 0 Å². The highest BCUT2D eigenvalue weighted by molar-refractivity contribution is 6.18. The lowest BCUT2D eigenvalue weighted by Crippen LogP contribution is -2.38. The Bertz CT molecular complexity index is 251. The number of carbonyl (C=O) groups is 2. The van der Waals surface area contributed by atoms with Crippen LogP contribution < -0.4 is 10.6 Å². The summed E-state index contributed by atoms with van der Waals surface area (Å²) in [6.45, 7) is 1.02. The van der Waals surface area contributed by atoms with Crippen LogP contribution in [0.1, 0.15) is 25.7 Å². The molecule has 0 aliphatic heterocycles. The van der Waals surface area contributed by atoms with E-state index in [0.29, 0.717) is 24.8 Å². The van der Waals surface area contributed by atoms with Crippen LogP contribution >= 0.6 is 23.2 Å². The first-order chi connectivity index (χ1) is 8.69. The van der Waals surface area contributed by atoms with Gasteiger partial charge in [-0.15, -0.1) is 23.2 Å². The Balaban J connectivity index is 2.27. The van der Waals surface area contributed by atoms with Crippen LogP contribution in [0.15, 0.2) is 0 Å². The Labute approximate surface area is 118 Å². The lowest BCUT2D eigenvalue weighted by molar-refractivity contribution is -0.130. The van der Waals surface area contributed by atoms with Gasteiger partial charge in [0.25, 0.3) is 0 Å². The van der Waals surface area contributed by atoms with Crippen molar-refractivity contribution >= 4 is 35.0 Å². The van der Waals surface area contributed by atoms with Gasteiger partial charge in [0.2, 0.25) is 11.8 Å². The predicted octanol–water partition coefficient (Wildman–Crippen LogP) is 1.50. The standard InChI is InChI=1S/C12H20Cl2N2O2/c13-5-7-15-11(17)9-1-2-10(4-3-9)12(18)16-8-6-14/h9-10H,1-8H2,(H,15,17)(H,16,18). The molecule has 2 N–H and O–H groups in total. The number of hydrogen-bond acceptors (Lipinski definition) is 2. The van der Waals surface area contributed by atoms with E-state index in [2.05, 4.69) is 10.6 Å². The molecular weight excluding hydrogens is 275 g/mol. The fourth-order valence-electron chi connectivity index (χ4n) is 2.25. The molecule has 0 heterocycles. The summed E-state index contributed by atoms with van der Waals surface area (Å²) >= 11 is 11.0. The molecule has 18 heavy (non-hydrogen) atoms. The van der Waals surface area contributed by atoms with Crippen molar-refractivity contribution in [3.63, 3.8) is 0 Å². The Morgan fingerprint density at radius 2 is 1.17 bits per heavy atom. The average Bonchev–Trinajstić information content (AvgIpc) is 2.42. The van der Waals surface area contributed by atoms with Gasteiger partial charge in [0, 0.05) is 36.7 Å². The van der Waals surface area contributed by atoms with Gasteiger partial charge in [0.1, 0.15) is 0 Å². The number of carbonyl (C=O) groups excluding carboxylic acids is 2. The number of halogens is 2. The number of rotatable bonds is 6. The van der Waals surface area contributed by atoms with Gasteiger partial charge < -0.3 is 10.6 Å². The van der Waals surface area contributed by atoms with E-state index in [9.17, 15) is 9.59 Å². The molecule has 1 fully saturated rings. The van der Waals surface area contributed by atoms with Crippen molar-refractivity contribution in [3.8, 4) is 0 Å². The van der Waals surface area contributed by atoms with Crippen molar-refractivity contribution < 1.29 is 9.59 Å². The van der Waals surface area contributed by atoms with E-state index in [1.54, 1.807) is 0 Å². The zero-order chi connectivity index (χ0) is 13.4. The molecule has 0 bridgehead atoms. The van der Waals surface area contributed by atoms with Crippen LogP contribution in [0.4, 0.5) is 0 Å². The van der Waals surface area contributed by atoms with Gasteiger partial charge >= 0.3 is 0 Å². The molecule has 1 aliphatic carbocycles. The SMILES string of the molecule is O=C(NCCCl)C1CCC(C(=O)NCCCl)CC1. The van der Waals surface area contributed by atoms with Crippen molar-refractivity contribution in [3.05, 3.63) is 0 Å². The predicted molar refractivity (Wildman–Crippen MR) is 72.9 cm³/mol. The van der Waals surface area contributed by atoms with E-state index >= 15 is 0 Å². The van der Waals surface area contributed by atoms with Gasteiger partial charge in [-0.3, -0.25) is 9.59 Å². The quantitative estimate of drug-likeness (QED) is 0.730. The maximum atomic E-state index is 11.7. The molecule has 0 saturated heterocycles. The zero-order valence-electron chi connectivity index (χ0n) is 10.4. The number of nitrogens with one attached hydrogen (secondary N) is 2. The van der Waals surface area contributed by atoms with Gasteiger partial charge in [-0.1, -0.05) is 0 Å². The van der Waals surface area contributed by atoms with E-state index in [-0.39, 0.29) is 23.7 Å². The van der Waals surface area contributed by atoms with Crippen molar-refractivity contribution in [2.24, 2.45) is 11.8 Å². The van der Waals surface area contributed by atoms with Crippen molar-refractivity contribution in [2.75, 3.05) is 24.8 Å². The minimum atomic E-state index is 0.0327. The molecular formula is C12H20Cl2N2O2. The Hall–Kier alpha value is -0.480. The van der Waals surface area contributed by atoms with E-state index in [0.717, 1.165) is 25.7 Å². The summed E-state index contributed by atoms with van der Waals surface area (Å²) in [6, 6.07) is 0. The molecule has 2 amide bonds. The van der Waals surface area contributed by atoms with E-state index in [1.165, 1.54) is 0 Å². The third-order valence-corrected chi connectivity index (χ3v) is 3.63. The molecule has 6 heteroatoms. The first-order valence-electron chi connectivity index (χ1n) is 6.36. The van der Waals surface area contributed by atoms with Gasteiger partial charge in [0.05, 0.1) is 0 Å². The normalized spacial score (nSPS) is 23.4. The van der Waals surface area contributed by atoms with E-state index < -0.39 is 0 Å².